The third kappa shape index (κ3) is 2.48. The molecule has 2 aromatic rings. The number of rotatable bonds is 3. The van der Waals surface area contributed by atoms with E-state index in [1.54, 1.807) is 24.3 Å². The molecule has 1 N–H and O–H groups in total. The maximum atomic E-state index is 12.2. The van der Waals surface area contributed by atoms with Crippen molar-refractivity contribution in [3.8, 4) is 0 Å². The molecule has 6 heteroatoms. The normalized spacial score (nSPS) is 14.1. The monoisotopic (exact) mass is 262 g/mol. The number of hydrogen-bond donors (Lipinski definition) is 1. The second-order valence-electron chi connectivity index (χ2n) is 4.46. The fraction of sp³-hybridized carbons (Fsp3) is 0.308. The van der Waals surface area contributed by atoms with Crippen LogP contribution < -0.4 is 5.56 Å². The lowest BCUT2D eigenvalue weighted by Crippen LogP contribution is -2.43. The van der Waals surface area contributed by atoms with Gasteiger partial charge >= 0.3 is 5.97 Å². The maximum absolute atomic E-state index is 12.2. The number of nitrogens with zero attached hydrogens (tertiary/aromatic N) is 2. The number of carbonyl (C=O) groups is 1. The van der Waals surface area contributed by atoms with Gasteiger partial charge < -0.3 is 9.84 Å². The van der Waals surface area contributed by atoms with Crippen molar-refractivity contribution >= 4 is 16.7 Å². The number of aromatic nitrogens is 2. The van der Waals surface area contributed by atoms with Gasteiger partial charge in [-0.2, -0.15) is 5.10 Å². The van der Waals surface area contributed by atoms with Crippen molar-refractivity contribution in [2.75, 3.05) is 7.11 Å². The summed E-state index contributed by atoms with van der Waals surface area (Å²) < 4.78 is 5.54. The highest BCUT2D eigenvalue weighted by Crippen LogP contribution is 2.10. The van der Waals surface area contributed by atoms with Gasteiger partial charge in [-0.15, -0.1) is 0 Å². The quantitative estimate of drug-likeness (QED) is 0.806. The highest BCUT2D eigenvalue weighted by atomic mass is 16.5. The Hall–Kier alpha value is -2.21. The van der Waals surface area contributed by atoms with Gasteiger partial charge in [-0.25, -0.2) is 9.48 Å². The van der Waals surface area contributed by atoms with Gasteiger partial charge in [0.1, 0.15) is 0 Å². The van der Waals surface area contributed by atoms with E-state index in [0.29, 0.717) is 10.8 Å². The molecule has 0 aliphatic rings. The summed E-state index contributed by atoms with van der Waals surface area (Å²) >= 11 is 0. The van der Waals surface area contributed by atoms with Crippen LogP contribution in [0.3, 0.4) is 0 Å². The summed E-state index contributed by atoms with van der Waals surface area (Å²) in [6, 6.07) is 6.99. The molecule has 1 atom stereocenters. The Kier molecular flexibility index (Phi) is 3.35. The zero-order valence-electron chi connectivity index (χ0n) is 10.7. The number of carbonyl (C=O) groups excluding carboxylic acids is 1. The number of benzene rings is 1. The third-order valence-electron chi connectivity index (χ3n) is 2.84. The number of methoxy groups -OCH3 is 1. The molecule has 1 heterocycles. The molecule has 1 unspecified atom stereocenters. The highest BCUT2D eigenvalue weighted by Gasteiger charge is 2.32. The largest absolute Gasteiger partial charge is 0.467 e. The Morgan fingerprint density at radius 1 is 1.47 bits per heavy atom. The first kappa shape index (κ1) is 13.2. The molecule has 0 spiro atoms. The van der Waals surface area contributed by atoms with Crippen molar-refractivity contribution in [2.45, 2.75) is 19.1 Å². The molecule has 1 aromatic carbocycles. The van der Waals surface area contributed by atoms with E-state index in [4.69, 9.17) is 0 Å². The van der Waals surface area contributed by atoms with Crippen molar-refractivity contribution in [3.63, 3.8) is 0 Å². The minimum absolute atomic E-state index is 0.261. The van der Waals surface area contributed by atoms with Gasteiger partial charge in [0, 0.05) is 5.39 Å². The molecule has 19 heavy (non-hydrogen) atoms. The van der Waals surface area contributed by atoms with Gasteiger partial charge in [0.2, 0.25) is 0 Å². The molecule has 6 nitrogen and oxygen atoms in total. The summed E-state index contributed by atoms with van der Waals surface area (Å²) in [6.45, 7) is 1.02. The average molecular weight is 262 g/mol. The molecule has 0 amide bonds. The standard InChI is InChI=1S/C13H14N2O4/c1-13(18,12(17)19-2)8-15-11(16)10-6-4-3-5-9(10)7-14-15/h3-7,18H,8H2,1-2H3. The average Bonchev–Trinajstić information content (AvgIpc) is 2.41. The first-order valence-electron chi connectivity index (χ1n) is 5.71. The van der Waals surface area contributed by atoms with E-state index in [9.17, 15) is 14.7 Å². The second-order valence-corrected chi connectivity index (χ2v) is 4.46. The summed E-state index contributed by atoms with van der Waals surface area (Å²) in [6.07, 6.45) is 1.52. The Labute approximate surface area is 109 Å². The van der Waals surface area contributed by atoms with E-state index in [0.717, 1.165) is 4.68 Å². The Morgan fingerprint density at radius 2 is 2.16 bits per heavy atom. The molecule has 100 valence electrons. The molecule has 0 aliphatic carbocycles. The number of aliphatic hydroxyl groups is 1. The van der Waals surface area contributed by atoms with E-state index >= 15 is 0 Å². The lowest BCUT2D eigenvalue weighted by atomic mass is 10.1. The van der Waals surface area contributed by atoms with Crippen molar-refractivity contribution in [2.24, 2.45) is 0 Å². The minimum atomic E-state index is -1.80. The molecular formula is C13H14N2O4. The fourth-order valence-corrected chi connectivity index (χ4v) is 1.82. The van der Waals surface area contributed by atoms with E-state index in [1.165, 1.54) is 20.2 Å². The van der Waals surface area contributed by atoms with Crippen LogP contribution in [-0.4, -0.2) is 33.6 Å². The second kappa shape index (κ2) is 4.81. The van der Waals surface area contributed by atoms with Crippen molar-refractivity contribution < 1.29 is 14.6 Å². The Morgan fingerprint density at radius 3 is 2.84 bits per heavy atom. The molecule has 2 rings (SSSR count). The van der Waals surface area contributed by atoms with Crippen LogP contribution in [-0.2, 0) is 16.1 Å². The maximum Gasteiger partial charge on any atom is 0.339 e. The van der Waals surface area contributed by atoms with Crippen LogP contribution in [0, 0.1) is 0 Å². The van der Waals surface area contributed by atoms with E-state index in [2.05, 4.69) is 9.84 Å². The van der Waals surface area contributed by atoms with Crippen LogP contribution in [0.2, 0.25) is 0 Å². The zero-order chi connectivity index (χ0) is 14.0. The van der Waals surface area contributed by atoms with Crippen molar-refractivity contribution in [1.29, 1.82) is 0 Å². The predicted octanol–water partition coefficient (Wildman–Crippen LogP) is 0.320. The van der Waals surface area contributed by atoms with Crippen molar-refractivity contribution in [1.82, 2.24) is 9.78 Å². The number of ether oxygens (including phenoxy) is 1. The van der Waals surface area contributed by atoms with Crippen molar-refractivity contribution in [3.05, 3.63) is 40.8 Å². The first-order valence-corrected chi connectivity index (χ1v) is 5.71. The molecule has 0 saturated heterocycles. The van der Waals surface area contributed by atoms with E-state index < -0.39 is 11.6 Å². The summed E-state index contributed by atoms with van der Waals surface area (Å²) in [5.74, 6) is -0.811. The summed E-state index contributed by atoms with van der Waals surface area (Å²) in [5.41, 5.74) is -2.16. The van der Waals surface area contributed by atoms with E-state index in [1.807, 2.05) is 0 Å². The van der Waals surface area contributed by atoms with Crippen LogP contribution in [0.4, 0.5) is 0 Å². The molecule has 0 aliphatic heterocycles. The summed E-state index contributed by atoms with van der Waals surface area (Å²) in [4.78, 5) is 23.6. The molecular weight excluding hydrogens is 248 g/mol. The molecule has 1 aromatic heterocycles. The number of hydrogen-bond acceptors (Lipinski definition) is 5. The van der Waals surface area contributed by atoms with Gasteiger partial charge in [0.15, 0.2) is 5.60 Å². The lowest BCUT2D eigenvalue weighted by Gasteiger charge is -2.20. The SMILES string of the molecule is COC(=O)C(C)(O)Cn1ncc2ccccc2c1=O. The zero-order valence-corrected chi connectivity index (χ0v) is 10.7. The van der Waals surface area contributed by atoms with Gasteiger partial charge in [-0.3, -0.25) is 4.79 Å². The molecule has 0 radical (unpaired) electrons. The molecule has 0 saturated carbocycles. The van der Waals surface area contributed by atoms with Crippen LogP contribution in [0.25, 0.3) is 10.8 Å². The molecule has 0 bridgehead atoms. The topological polar surface area (TPSA) is 81.4 Å². The summed E-state index contributed by atoms with van der Waals surface area (Å²) in [5, 5.41) is 15.1. The predicted molar refractivity (Wildman–Crippen MR) is 68.6 cm³/mol. The number of fused-ring (bicyclic) bond motifs is 1. The van der Waals surface area contributed by atoms with Crippen LogP contribution >= 0.6 is 0 Å². The van der Waals surface area contributed by atoms with E-state index in [-0.39, 0.29) is 12.1 Å². The van der Waals surface area contributed by atoms with Gasteiger partial charge in [-0.1, -0.05) is 18.2 Å². The fourth-order valence-electron chi connectivity index (χ4n) is 1.82. The van der Waals surface area contributed by atoms with Crippen LogP contribution in [0.15, 0.2) is 35.3 Å². The summed E-state index contributed by atoms with van der Waals surface area (Å²) in [7, 11) is 1.17. The smallest absolute Gasteiger partial charge is 0.339 e. The molecule has 0 fully saturated rings. The lowest BCUT2D eigenvalue weighted by molar-refractivity contribution is -0.162. The number of esters is 1. The highest BCUT2D eigenvalue weighted by molar-refractivity contribution is 5.80. The first-order chi connectivity index (χ1) is 8.95. The Balaban J connectivity index is 2.45. The van der Waals surface area contributed by atoms with Crippen LogP contribution in [0.1, 0.15) is 6.92 Å². The minimum Gasteiger partial charge on any atom is -0.467 e. The van der Waals surface area contributed by atoms with Gasteiger partial charge in [-0.05, 0) is 13.0 Å². The van der Waals surface area contributed by atoms with Crippen LogP contribution in [0.5, 0.6) is 0 Å². The Bertz CT molecular complexity index is 676. The van der Waals surface area contributed by atoms with Gasteiger partial charge in [0.25, 0.3) is 5.56 Å². The third-order valence-corrected chi connectivity index (χ3v) is 2.84. The van der Waals surface area contributed by atoms with Gasteiger partial charge in [0.05, 0.1) is 25.2 Å².